The number of hydrogen-bond donors (Lipinski definition) is 1. The van der Waals surface area contributed by atoms with E-state index in [1.165, 1.54) is 0 Å². The third kappa shape index (κ3) is 3.20. The third-order valence-corrected chi connectivity index (χ3v) is 6.18. The molecule has 3 rings (SSSR count). The van der Waals surface area contributed by atoms with Crippen molar-refractivity contribution in [3.05, 3.63) is 35.4 Å². The van der Waals surface area contributed by atoms with Gasteiger partial charge in [0.25, 0.3) is 0 Å². The molecule has 30 heavy (non-hydrogen) atoms. The molecule has 2 aliphatic rings. The van der Waals surface area contributed by atoms with Crippen molar-refractivity contribution < 1.29 is 9.47 Å². The van der Waals surface area contributed by atoms with E-state index in [4.69, 9.17) is 14.9 Å². The van der Waals surface area contributed by atoms with E-state index in [9.17, 15) is 15.8 Å². The number of nitrogens with one attached hydrogen (secondary N) is 1. The third-order valence-electron chi connectivity index (χ3n) is 6.18. The highest BCUT2D eigenvalue weighted by Crippen LogP contribution is 2.55. The fraction of sp³-hybridized carbons (Fsp3) is 0.478. The first-order valence-corrected chi connectivity index (χ1v) is 9.96. The predicted octanol–water partition coefficient (Wildman–Crippen LogP) is 3.26. The average molecular weight is 403 g/mol. The van der Waals surface area contributed by atoms with Crippen molar-refractivity contribution in [1.82, 2.24) is 4.90 Å². The summed E-state index contributed by atoms with van der Waals surface area (Å²) in [4.78, 5) is 2.26. The zero-order valence-corrected chi connectivity index (χ0v) is 17.5. The van der Waals surface area contributed by atoms with E-state index in [0.29, 0.717) is 30.2 Å². The minimum atomic E-state index is -1.77. The minimum absolute atomic E-state index is 0.156. The van der Waals surface area contributed by atoms with Crippen molar-refractivity contribution in [3.8, 4) is 29.7 Å². The summed E-state index contributed by atoms with van der Waals surface area (Å²) < 4.78 is 11.0. The molecule has 0 radical (unpaired) electrons. The van der Waals surface area contributed by atoms with E-state index < -0.39 is 17.3 Å². The maximum Gasteiger partial charge on any atom is 0.189 e. The molecule has 1 aliphatic carbocycles. The van der Waals surface area contributed by atoms with Crippen molar-refractivity contribution in [3.63, 3.8) is 0 Å². The van der Waals surface area contributed by atoms with Gasteiger partial charge in [-0.3, -0.25) is 4.90 Å². The Labute approximate surface area is 177 Å². The Morgan fingerprint density at radius 3 is 2.50 bits per heavy atom. The summed E-state index contributed by atoms with van der Waals surface area (Å²) >= 11 is 0. The molecule has 0 saturated heterocycles. The highest BCUT2D eigenvalue weighted by Gasteiger charge is 2.58. The van der Waals surface area contributed by atoms with Crippen LogP contribution in [0.2, 0.25) is 0 Å². The lowest BCUT2D eigenvalue weighted by molar-refractivity contribution is 0.202. The number of nitriles is 3. The summed E-state index contributed by atoms with van der Waals surface area (Å²) in [6, 6.07) is 11.7. The van der Waals surface area contributed by atoms with Crippen LogP contribution in [0.15, 0.2) is 29.8 Å². The normalized spacial score (nSPS) is 25.1. The van der Waals surface area contributed by atoms with Gasteiger partial charge in [-0.15, -0.1) is 0 Å². The van der Waals surface area contributed by atoms with Gasteiger partial charge in [0.05, 0.1) is 38.1 Å². The molecule has 1 aromatic rings. The van der Waals surface area contributed by atoms with Crippen LogP contribution < -0.4 is 9.47 Å². The second-order valence-electron chi connectivity index (χ2n) is 7.66. The van der Waals surface area contributed by atoms with Crippen LogP contribution in [0, 0.1) is 56.7 Å². The number of nitrogens with zero attached hydrogens (tertiary/aromatic N) is 4. The van der Waals surface area contributed by atoms with E-state index >= 15 is 0 Å². The van der Waals surface area contributed by atoms with Crippen molar-refractivity contribution in [1.29, 1.82) is 21.2 Å². The summed E-state index contributed by atoms with van der Waals surface area (Å²) in [6.45, 7) is 4.29. The Morgan fingerprint density at radius 2 is 1.93 bits per heavy atom. The van der Waals surface area contributed by atoms with Gasteiger partial charge in [-0.25, -0.2) is 0 Å². The molecule has 1 N–H and O–H groups in total. The van der Waals surface area contributed by atoms with Gasteiger partial charge >= 0.3 is 0 Å². The molecule has 0 amide bonds. The van der Waals surface area contributed by atoms with E-state index in [0.717, 1.165) is 18.5 Å². The number of methoxy groups -OCH3 is 2. The van der Waals surface area contributed by atoms with Crippen LogP contribution in [0.3, 0.4) is 0 Å². The van der Waals surface area contributed by atoms with Crippen LogP contribution in [0.5, 0.6) is 11.5 Å². The molecule has 1 fully saturated rings. The maximum absolute atomic E-state index is 10.2. The van der Waals surface area contributed by atoms with Crippen molar-refractivity contribution in [2.75, 3.05) is 33.9 Å². The summed E-state index contributed by atoms with van der Waals surface area (Å²) in [7, 11) is 3.09. The zero-order chi connectivity index (χ0) is 21.9. The Kier molecular flexibility index (Phi) is 6.11. The number of fused-ring (bicyclic) bond motifs is 1. The molecule has 1 heterocycles. The summed E-state index contributed by atoms with van der Waals surface area (Å²) in [5.74, 6) is -0.669. The Hall–Kier alpha value is -3.34. The van der Waals surface area contributed by atoms with E-state index in [1.54, 1.807) is 32.4 Å². The number of ether oxygens (including phenoxy) is 2. The molecular weight excluding hydrogens is 378 g/mol. The topological polar surface area (TPSA) is 117 Å². The maximum atomic E-state index is 10.2. The highest BCUT2D eigenvalue weighted by atomic mass is 16.5. The second kappa shape index (κ2) is 8.57. The summed E-state index contributed by atoms with van der Waals surface area (Å²) in [5, 5.41) is 38.9. The standard InChI is InChI=1S/C23H25N5O2/c1-4-8-28-9-7-16-18(11-24)22(27)23(13-25,14-26)21(19(16)12-28)17-10-15(29-2)5-6-20(17)30-3/h5-7,10,18-19,21,27H,4,8-9,12H2,1-3H3/t18?,19-,21+/m1/s1. The fourth-order valence-electron chi connectivity index (χ4n) is 4.79. The van der Waals surface area contributed by atoms with Gasteiger partial charge in [0.2, 0.25) is 0 Å². The lowest BCUT2D eigenvalue weighted by atomic mass is 9.54. The molecular formula is C23H25N5O2. The summed E-state index contributed by atoms with van der Waals surface area (Å²) in [6.07, 6.45) is 2.98. The number of benzene rings is 1. The van der Waals surface area contributed by atoms with Crippen LogP contribution in [-0.4, -0.2) is 44.5 Å². The largest absolute Gasteiger partial charge is 0.497 e. The molecule has 0 spiro atoms. The second-order valence-corrected chi connectivity index (χ2v) is 7.66. The predicted molar refractivity (Wildman–Crippen MR) is 111 cm³/mol. The lowest BCUT2D eigenvalue weighted by Crippen LogP contribution is -2.53. The smallest absolute Gasteiger partial charge is 0.189 e. The first kappa shape index (κ1) is 21.4. The van der Waals surface area contributed by atoms with Crippen molar-refractivity contribution in [2.24, 2.45) is 17.3 Å². The van der Waals surface area contributed by atoms with Crippen LogP contribution >= 0.6 is 0 Å². The van der Waals surface area contributed by atoms with Gasteiger partial charge < -0.3 is 14.9 Å². The van der Waals surface area contributed by atoms with E-state index in [1.807, 2.05) is 6.08 Å². The average Bonchev–Trinajstić information content (AvgIpc) is 2.78. The SMILES string of the molecule is CCCN1CC=C2C(C#N)C(=N)C(C#N)(C#N)[C@@H](c3cc(OC)ccc3OC)[C@@H]2C1. The lowest BCUT2D eigenvalue weighted by Gasteiger charge is -2.48. The van der Waals surface area contributed by atoms with Crippen LogP contribution in [0.25, 0.3) is 0 Å². The number of rotatable bonds is 5. The molecule has 0 aromatic heterocycles. The molecule has 154 valence electrons. The van der Waals surface area contributed by atoms with Gasteiger partial charge in [0, 0.05) is 30.5 Å². The molecule has 3 atom stereocenters. The van der Waals surface area contributed by atoms with Gasteiger partial charge in [-0.2, -0.15) is 15.8 Å². The fourth-order valence-corrected chi connectivity index (χ4v) is 4.79. The molecule has 1 saturated carbocycles. The van der Waals surface area contributed by atoms with E-state index in [2.05, 4.69) is 30.0 Å². The molecule has 7 nitrogen and oxygen atoms in total. The molecule has 0 bridgehead atoms. The van der Waals surface area contributed by atoms with Crippen LogP contribution in [0.1, 0.15) is 24.8 Å². The van der Waals surface area contributed by atoms with Gasteiger partial charge in [0.15, 0.2) is 5.41 Å². The Morgan fingerprint density at radius 1 is 1.20 bits per heavy atom. The van der Waals surface area contributed by atoms with Gasteiger partial charge in [-0.1, -0.05) is 13.0 Å². The first-order valence-electron chi connectivity index (χ1n) is 9.96. The quantitative estimate of drug-likeness (QED) is 0.754. The first-order chi connectivity index (χ1) is 14.5. The van der Waals surface area contributed by atoms with Crippen LogP contribution in [0.4, 0.5) is 0 Å². The van der Waals surface area contributed by atoms with Crippen molar-refractivity contribution >= 4 is 5.71 Å². The summed E-state index contributed by atoms with van der Waals surface area (Å²) in [5.41, 5.74) is -0.449. The minimum Gasteiger partial charge on any atom is -0.497 e. The van der Waals surface area contributed by atoms with Gasteiger partial charge in [-0.05, 0) is 36.7 Å². The molecule has 1 aromatic carbocycles. The monoisotopic (exact) mass is 403 g/mol. The Bertz CT molecular complexity index is 980. The Balaban J connectivity index is 2.29. The van der Waals surface area contributed by atoms with Crippen molar-refractivity contribution in [2.45, 2.75) is 19.3 Å². The number of hydrogen-bond acceptors (Lipinski definition) is 7. The van der Waals surface area contributed by atoms with Crippen LogP contribution in [-0.2, 0) is 0 Å². The van der Waals surface area contributed by atoms with E-state index in [-0.39, 0.29) is 11.6 Å². The molecule has 1 unspecified atom stereocenters. The highest BCUT2D eigenvalue weighted by molar-refractivity contribution is 6.01. The van der Waals surface area contributed by atoms with Gasteiger partial charge in [0.1, 0.15) is 17.4 Å². The zero-order valence-electron chi connectivity index (χ0n) is 17.5. The molecule has 1 aliphatic heterocycles. The molecule has 7 heteroatoms.